The summed E-state index contributed by atoms with van der Waals surface area (Å²) in [6, 6.07) is 9.51. The van der Waals surface area contributed by atoms with Gasteiger partial charge in [0.25, 0.3) is 0 Å². The van der Waals surface area contributed by atoms with Crippen LogP contribution in [0.4, 0.5) is 0 Å². The van der Waals surface area contributed by atoms with E-state index in [-0.39, 0.29) is 0 Å². The molecule has 19 heavy (non-hydrogen) atoms. The number of nitrogens with one attached hydrogen (secondary N) is 1. The fourth-order valence-electron chi connectivity index (χ4n) is 3.59. The molecule has 1 saturated heterocycles. The van der Waals surface area contributed by atoms with Crippen LogP contribution in [0.15, 0.2) is 24.3 Å². The minimum Gasteiger partial charge on any atom is -0.309 e. The van der Waals surface area contributed by atoms with Gasteiger partial charge in [-0.3, -0.25) is 0 Å². The van der Waals surface area contributed by atoms with Crippen LogP contribution >= 0.6 is 0 Å². The standard InChI is InChI=1S/C17H26N2/c1-2-14-8-11-19(12-9-14)13-17-16-6-4-3-5-15(16)7-10-18-17/h3-6,14,17-18H,2,7-13H2,1H3. The molecule has 1 atom stereocenters. The lowest BCUT2D eigenvalue weighted by Crippen LogP contribution is -2.42. The first-order valence-corrected chi connectivity index (χ1v) is 7.90. The van der Waals surface area contributed by atoms with E-state index in [2.05, 4.69) is 41.4 Å². The summed E-state index contributed by atoms with van der Waals surface area (Å²) in [5.74, 6) is 0.975. The van der Waals surface area contributed by atoms with Gasteiger partial charge in [-0.1, -0.05) is 37.6 Å². The molecule has 1 aromatic carbocycles. The van der Waals surface area contributed by atoms with Crippen molar-refractivity contribution in [2.75, 3.05) is 26.2 Å². The number of nitrogens with zero attached hydrogens (tertiary/aromatic N) is 1. The van der Waals surface area contributed by atoms with Crippen LogP contribution in [0, 0.1) is 5.92 Å². The van der Waals surface area contributed by atoms with Crippen LogP contribution in [0.1, 0.15) is 43.4 Å². The lowest BCUT2D eigenvalue weighted by Gasteiger charge is -2.36. The van der Waals surface area contributed by atoms with Gasteiger partial charge < -0.3 is 10.2 Å². The highest BCUT2D eigenvalue weighted by Gasteiger charge is 2.24. The highest BCUT2D eigenvalue weighted by atomic mass is 15.2. The molecule has 0 saturated carbocycles. The summed E-state index contributed by atoms with van der Waals surface area (Å²) in [5, 5.41) is 3.71. The second-order valence-corrected chi connectivity index (χ2v) is 6.11. The van der Waals surface area contributed by atoms with Gasteiger partial charge in [-0.05, 0) is 55.9 Å². The van der Waals surface area contributed by atoms with Crippen molar-refractivity contribution >= 4 is 0 Å². The van der Waals surface area contributed by atoms with Crippen molar-refractivity contribution in [1.82, 2.24) is 10.2 Å². The van der Waals surface area contributed by atoms with Crippen LogP contribution in [0.25, 0.3) is 0 Å². The van der Waals surface area contributed by atoms with E-state index in [1.165, 1.54) is 50.9 Å². The molecule has 2 nitrogen and oxygen atoms in total. The van der Waals surface area contributed by atoms with E-state index in [0.29, 0.717) is 6.04 Å². The van der Waals surface area contributed by atoms with Gasteiger partial charge >= 0.3 is 0 Å². The molecule has 1 N–H and O–H groups in total. The average molecular weight is 258 g/mol. The molecule has 0 aliphatic carbocycles. The molecule has 1 fully saturated rings. The van der Waals surface area contributed by atoms with Gasteiger partial charge in [0.05, 0.1) is 0 Å². The molecule has 0 bridgehead atoms. The maximum Gasteiger partial charge on any atom is 0.0452 e. The van der Waals surface area contributed by atoms with Crippen molar-refractivity contribution in [3.8, 4) is 0 Å². The quantitative estimate of drug-likeness (QED) is 0.896. The fourth-order valence-corrected chi connectivity index (χ4v) is 3.59. The van der Waals surface area contributed by atoms with E-state index in [9.17, 15) is 0 Å². The van der Waals surface area contributed by atoms with Crippen LogP contribution in [-0.2, 0) is 6.42 Å². The molecule has 1 aromatic rings. The zero-order chi connectivity index (χ0) is 13.1. The maximum atomic E-state index is 3.71. The summed E-state index contributed by atoms with van der Waals surface area (Å²) in [6.07, 6.45) is 5.33. The summed E-state index contributed by atoms with van der Waals surface area (Å²) in [4.78, 5) is 2.66. The third kappa shape index (κ3) is 3.01. The van der Waals surface area contributed by atoms with E-state index in [1.807, 2.05) is 0 Å². The zero-order valence-corrected chi connectivity index (χ0v) is 12.1. The molecule has 104 valence electrons. The third-order valence-corrected chi connectivity index (χ3v) is 4.94. The van der Waals surface area contributed by atoms with Crippen molar-refractivity contribution in [3.63, 3.8) is 0 Å². The third-order valence-electron chi connectivity index (χ3n) is 4.94. The van der Waals surface area contributed by atoms with Gasteiger partial charge in [0.2, 0.25) is 0 Å². The van der Waals surface area contributed by atoms with E-state index in [1.54, 1.807) is 5.56 Å². The van der Waals surface area contributed by atoms with E-state index < -0.39 is 0 Å². The predicted molar refractivity (Wildman–Crippen MR) is 80.3 cm³/mol. The number of benzene rings is 1. The topological polar surface area (TPSA) is 15.3 Å². The number of hydrogen-bond donors (Lipinski definition) is 1. The number of likely N-dealkylation sites (tertiary alicyclic amines) is 1. The van der Waals surface area contributed by atoms with Crippen molar-refractivity contribution in [2.24, 2.45) is 5.92 Å². The minimum atomic E-state index is 0.545. The second kappa shape index (κ2) is 6.06. The molecular weight excluding hydrogens is 232 g/mol. The Hall–Kier alpha value is -0.860. The Bertz CT molecular complexity index is 407. The van der Waals surface area contributed by atoms with Crippen LogP contribution < -0.4 is 5.32 Å². The molecule has 0 radical (unpaired) electrons. The van der Waals surface area contributed by atoms with Gasteiger partial charge in [-0.2, -0.15) is 0 Å². The summed E-state index contributed by atoms with van der Waals surface area (Å²) >= 11 is 0. The maximum absolute atomic E-state index is 3.71. The molecule has 2 heteroatoms. The Morgan fingerprint density at radius 1 is 1.21 bits per heavy atom. The molecule has 1 unspecified atom stereocenters. The SMILES string of the molecule is CCC1CCN(CC2NCCc3ccccc32)CC1. The lowest BCUT2D eigenvalue weighted by atomic mass is 9.91. The van der Waals surface area contributed by atoms with Crippen molar-refractivity contribution < 1.29 is 0 Å². The molecule has 2 aliphatic rings. The molecule has 0 spiro atoms. The summed E-state index contributed by atoms with van der Waals surface area (Å²) < 4.78 is 0. The van der Waals surface area contributed by atoms with Crippen molar-refractivity contribution in [2.45, 2.75) is 38.6 Å². The average Bonchev–Trinajstić information content (AvgIpc) is 2.48. The lowest BCUT2D eigenvalue weighted by molar-refractivity contribution is 0.164. The Labute approximate surface area is 117 Å². The number of hydrogen-bond acceptors (Lipinski definition) is 2. The molecule has 2 heterocycles. The number of rotatable bonds is 3. The Morgan fingerprint density at radius 3 is 2.79 bits per heavy atom. The molecule has 3 rings (SSSR count). The first kappa shape index (κ1) is 13.1. The highest BCUT2D eigenvalue weighted by Crippen LogP contribution is 2.26. The zero-order valence-electron chi connectivity index (χ0n) is 12.1. The predicted octanol–water partition coefficient (Wildman–Crippen LogP) is 3.00. The number of fused-ring (bicyclic) bond motifs is 1. The first-order valence-electron chi connectivity index (χ1n) is 7.90. The smallest absolute Gasteiger partial charge is 0.0452 e. The summed E-state index contributed by atoms with van der Waals surface area (Å²) in [7, 11) is 0. The van der Waals surface area contributed by atoms with Crippen molar-refractivity contribution in [3.05, 3.63) is 35.4 Å². The van der Waals surface area contributed by atoms with Gasteiger partial charge in [-0.15, -0.1) is 0 Å². The van der Waals surface area contributed by atoms with Crippen molar-refractivity contribution in [1.29, 1.82) is 0 Å². The van der Waals surface area contributed by atoms with Gasteiger partial charge in [0.15, 0.2) is 0 Å². The normalized spacial score (nSPS) is 25.2. The fraction of sp³-hybridized carbons (Fsp3) is 0.647. The van der Waals surface area contributed by atoms with Crippen LogP contribution in [-0.4, -0.2) is 31.1 Å². The van der Waals surface area contributed by atoms with E-state index >= 15 is 0 Å². The highest BCUT2D eigenvalue weighted by molar-refractivity contribution is 5.32. The van der Waals surface area contributed by atoms with Crippen LogP contribution in [0.2, 0.25) is 0 Å². The largest absolute Gasteiger partial charge is 0.309 e. The number of piperidine rings is 1. The Kier molecular flexibility index (Phi) is 4.19. The molecular formula is C17H26N2. The molecule has 2 aliphatic heterocycles. The van der Waals surface area contributed by atoms with Gasteiger partial charge in [-0.25, -0.2) is 0 Å². The molecule has 0 aromatic heterocycles. The second-order valence-electron chi connectivity index (χ2n) is 6.11. The van der Waals surface area contributed by atoms with Crippen LogP contribution in [0.3, 0.4) is 0 Å². The first-order chi connectivity index (χ1) is 9.36. The molecule has 0 amide bonds. The minimum absolute atomic E-state index is 0.545. The van der Waals surface area contributed by atoms with E-state index in [4.69, 9.17) is 0 Å². The van der Waals surface area contributed by atoms with Gasteiger partial charge in [0, 0.05) is 12.6 Å². The summed E-state index contributed by atoms with van der Waals surface area (Å²) in [5.41, 5.74) is 3.08. The summed E-state index contributed by atoms with van der Waals surface area (Å²) in [6.45, 7) is 7.23. The monoisotopic (exact) mass is 258 g/mol. The van der Waals surface area contributed by atoms with Gasteiger partial charge in [0.1, 0.15) is 0 Å². The van der Waals surface area contributed by atoms with E-state index in [0.717, 1.165) is 12.5 Å². The Morgan fingerprint density at radius 2 is 2.00 bits per heavy atom. The Balaban J connectivity index is 1.62. The van der Waals surface area contributed by atoms with Crippen LogP contribution in [0.5, 0.6) is 0 Å².